The predicted octanol–water partition coefficient (Wildman–Crippen LogP) is 0.972. The Morgan fingerprint density at radius 1 is 1.38 bits per heavy atom. The third-order valence-corrected chi connectivity index (χ3v) is 3.83. The zero-order valence-electron chi connectivity index (χ0n) is 14.2. The maximum Gasteiger partial charge on any atom is 0.326 e. The summed E-state index contributed by atoms with van der Waals surface area (Å²) < 4.78 is 1.37. The van der Waals surface area contributed by atoms with E-state index in [2.05, 4.69) is 15.6 Å². The minimum atomic E-state index is -1.16. The van der Waals surface area contributed by atoms with Gasteiger partial charge in [0.25, 0.3) is 5.91 Å². The van der Waals surface area contributed by atoms with E-state index in [-0.39, 0.29) is 24.7 Å². The van der Waals surface area contributed by atoms with Gasteiger partial charge in [0.1, 0.15) is 6.04 Å². The van der Waals surface area contributed by atoms with Crippen molar-refractivity contribution in [1.82, 2.24) is 25.2 Å². The average Bonchev–Trinajstić information content (AvgIpc) is 3.07. The first-order valence-electron chi connectivity index (χ1n) is 7.76. The van der Waals surface area contributed by atoms with Crippen LogP contribution in [0.2, 0.25) is 5.02 Å². The normalized spacial score (nSPS) is 11.7. The zero-order chi connectivity index (χ0) is 19.3. The van der Waals surface area contributed by atoms with Gasteiger partial charge in [0, 0.05) is 25.0 Å². The molecule has 0 spiro atoms. The highest BCUT2D eigenvalue weighted by Crippen LogP contribution is 2.15. The minimum Gasteiger partial charge on any atom is -0.480 e. The van der Waals surface area contributed by atoms with Crippen LogP contribution in [-0.4, -0.2) is 61.9 Å². The van der Waals surface area contributed by atoms with E-state index >= 15 is 0 Å². The molecule has 1 atom stereocenters. The van der Waals surface area contributed by atoms with E-state index in [9.17, 15) is 19.5 Å². The van der Waals surface area contributed by atoms with E-state index in [1.54, 1.807) is 24.3 Å². The Labute approximate surface area is 154 Å². The highest BCUT2D eigenvalue weighted by atomic mass is 35.5. The first kappa shape index (κ1) is 19.4. The number of aromatic nitrogens is 3. The Morgan fingerprint density at radius 2 is 2.12 bits per heavy atom. The number of carboxylic acids is 1. The molecule has 2 rings (SSSR count). The fraction of sp³-hybridized carbons (Fsp3) is 0.312. The van der Waals surface area contributed by atoms with E-state index in [1.165, 1.54) is 24.7 Å². The molecule has 1 aromatic carbocycles. The Bertz CT molecular complexity index is 822. The van der Waals surface area contributed by atoms with Crippen LogP contribution in [0.1, 0.15) is 24.3 Å². The molecule has 2 N–H and O–H groups in total. The summed E-state index contributed by atoms with van der Waals surface area (Å²) >= 11 is 5.94. The number of carboxylic acid groups (broad SMARTS) is 1. The van der Waals surface area contributed by atoms with Gasteiger partial charge in [0.2, 0.25) is 5.91 Å². The number of amides is 2. The lowest BCUT2D eigenvalue weighted by Crippen LogP contribution is -2.46. The molecule has 1 heterocycles. The summed E-state index contributed by atoms with van der Waals surface area (Å²) in [5.41, 5.74) is 0.598. The molecule has 9 nitrogen and oxygen atoms in total. The predicted molar refractivity (Wildman–Crippen MR) is 93.2 cm³/mol. The smallest absolute Gasteiger partial charge is 0.326 e. The lowest BCUT2D eigenvalue weighted by molar-refractivity contribution is -0.141. The second kappa shape index (κ2) is 8.43. The summed E-state index contributed by atoms with van der Waals surface area (Å²) in [5.74, 6) is -2.03. The van der Waals surface area contributed by atoms with Crippen molar-refractivity contribution in [3.05, 3.63) is 41.2 Å². The van der Waals surface area contributed by atoms with Crippen molar-refractivity contribution in [1.29, 1.82) is 0 Å². The van der Waals surface area contributed by atoms with E-state index in [0.717, 1.165) is 4.90 Å². The van der Waals surface area contributed by atoms with Crippen LogP contribution in [0.5, 0.6) is 0 Å². The van der Waals surface area contributed by atoms with Crippen LogP contribution in [0.25, 0.3) is 5.69 Å². The van der Waals surface area contributed by atoms with Crippen LogP contribution in [0.4, 0.5) is 0 Å². The maximum atomic E-state index is 12.7. The molecule has 0 bridgehead atoms. The molecule has 0 saturated heterocycles. The first-order valence-corrected chi connectivity index (χ1v) is 8.14. The molecule has 0 aliphatic carbocycles. The Hall–Kier alpha value is -2.94. The minimum absolute atomic E-state index is 0.0131. The fourth-order valence-electron chi connectivity index (χ4n) is 2.21. The molecule has 0 saturated carbocycles. The number of hydrogen-bond donors (Lipinski definition) is 2. The molecular weight excluding hydrogens is 362 g/mol. The molecule has 10 heteroatoms. The highest BCUT2D eigenvalue weighted by molar-refractivity contribution is 6.30. The average molecular weight is 380 g/mol. The van der Waals surface area contributed by atoms with E-state index < -0.39 is 17.9 Å². The molecule has 0 radical (unpaired) electrons. The monoisotopic (exact) mass is 379 g/mol. The molecular formula is C16H18ClN5O4. The van der Waals surface area contributed by atoms with Crippen LogP contribution in [0.3, 0.4) is 0 Å². The molecule has 1 unspecified atom stereocenters. The largest absolute Gasteiger partial charge is 0.480 e. The van der Waals surface area contributed by atoms with Gasteiger partial charge in [-0.1, -0.05) is 22.9 Å². The third-order valence-electron chi connectivity index (χ3n) is 3.60. The third kappa shape index (κ3) is 4.79. The van der Waals surface area contributed by atoms with Gasteiger partial charge < -0.3 is 15.3 Å². The van der Waals surface area contributed by atoms with Gasteiger partial charge in [-0.2, -0.15) is 0 Å². The van der Waals surface area contributed by atoms with Crippen LogP contribution in [-0.2, 0) is 9.59 Å². The quantitative estimate of drug-likeness (QED) is 0.740. The van der Waals surface area contributed by atoms with Gasteiger partial charge in [-0.05, 0) is 25.1 Å². The number of carbonyl (C=O) groups excluding carboxylic acids is 2. The van der Waals surface area contributed by atoms with Gasteiger partial charge in [0.05, 0.1) is 11.9 Å². The highest BCUT2D eigenvalue weighted by Gasteiger charge is 2.28. The number of nitrogens with one attached hydrogen (secondary N) is 1. The van der Waals surface area contributed by atoms with E-state index in [1.807, 2.05) is 0 Å². The van der Waals surface area contributed by atoms with Crippen molar-refractivity contribution >= 4 is 29.4 Å². The molecule has 2 amide bonds. The van der Waals surface area contributed by atoms with E-state index in [4.69, 9.17) is 11.6 Å². The molecule has 0 aliphatic heterocycles. The summed E-state index contributed by atoms with van der Waals surface area (Å²) in [5, 5.41) is 20.0. The number of rotatable bonds is 7. The van der Waals surface area contributed by atoms with Gasteiger partial charge in [-0.3, -0.25) is 9.59 Å². The molecule has 2 aromatic rings. The lowest BCUT2D eigenvalue weighted by Gasteiger charge is -2.25. The number of halogens is 1. The van der Waals surface area contributed by atoms with Crippen molar-refractivity contribution in [2.24, 2.45) is 0 Å². The van der Waals surface area contributed by atoms with Gasteiger partial charge in [-0.25, -0.2) is 9.48 Å². The fourth-order valence-corrected chi connectivity index (χ4v) is 2.40. The molecule has 0 fully saturated rings. The summed E-state index contributed by atoms with van der Waals surface area (Å²) in [4.78, 5) is 36.1. The Balaban J connectivity index is 2.22. The Kier molecular flexibility index (Phi) is 6.29. The first-order chi connectivity index (χ1) is 12.3. The summed E-state index contributed by atoms with van der Waals surface area (Å²) in [6.45, 7) is 2.87. The number of hydrogen-bond acceptors (Lipinski definition) is 5. The van der Waals surface area contributed by atoms with Crippen LogP contribution in [0, 0.1) is 0 Å². The van der Waals surface area contributed by atoms with Gasteiger partial charge in [0.15, 0.2) is 5.69 Å². The topological polar surface area (TPSA) is 117 Å². The number of carbonyl (C=O) groups is 3. The summed E-state index contributed by atoms with van der Waals surface area (Å²) in [7, 11) is 0. The van der Waals surface area contributed by atoms with Crippen molar-refractivity contribution in [3.63, 3.8) is 0 Å². The van der Waals surface area contributed by atoms with Crippen LogP contribution < -0.4 is 5.32 Å². The second-order valence-corrected chi connectivity index (χ2v) is 5.96. The van der Waals surface area contributed by atoms with Gasteiger partial charge in [-0.15, -0.1) is 5.10 Å². The standard InChI is InChI=1S/C16H18ClN5O4/c1-10(16(25)26)21(7-6-18-11(2)23)15(24)14-9-22(20-19-14)13-5-3-4-12(17)8-13/h3-5,8-10H,6-7H2,1-2H3,(H,18,23)(H,25,26). The summed E-state index contributed by atoms with van der Waals surface area (Å²) in [6.07, 6.45) is 1.40. The van der Waals surface area contributed by atoms with Crippen molar-refractivity contribution < 1.29 is 19.5 Å². The maximum absolute atomic E-state index is 12.7. The van der Waals surface area contributed by atoms with Crippen LogP contribution in [0.15, 0.2) is 30.5 Å². The lowest BCUT2D eigenvalue weighted by atomic mass is 10.2. The van der Waals surface area contributed by atoms with Crippen molar-refractivity contribution in [2.45, 2.75) is 19.9 Å². The molecule has 138 valence electrons. The Morgan fingerprint density at radius 3 is 2.73 bits per heavy atom. The molecule has 26 heavy (non-hydrogen) atoms. The van der Waals surface area contributed by atoms with Crippen molar-refractivity contribution in [2.75, 3.05) is 13.1 Å². The van der Waals surface area contributed by atoms with Gasteiger partial charge >= 0.3 is 5.97 Å². The zero-order valence-corrected chi connectivity index (χ0v) is 15.0. The number of aliphatic carboxylic acids is 1. The van der Waals surface area contributed by atoms with Crippen LogP contribution >= 0.6 is 11.6 Å². The van der Waals surface area contributed by atoms with Crippen molar-refractivity contribution in [3.8, 4) is 5.69 Å². The molecule has 0 aliphatic rings. The van der Waals surface area contributed by atoms with E-state index in [0.29, 0.717) is 10.7 Å². The number of nitrogens with zero attached hydrogens (tertiary/aromatic N) is 4. The number of benzene rings is 1. The molecule has 1 aromatic heterocycles. The summed E-state index contributed by atoms with van der Waals surface area (Å²) in [6, 6.07) is 5.73. The second-order valence-electron chi connectivity index (χ2n) is 5.52. The SMILES string of the molecule is CC(=O)NCCN(C(=O)c1cn(-c2cccc(Cl)c2)nn1)C(C)C(=O)O.